The van der Waals surface area contributed by atoms with Crippen molar-refractivity contribution in [2.75, 3.05) is 32.0 Å². The normalized spacial score (nSPS) is 25.7. The van der Waals surface area contributed by atoms with E-state index in [1.165, 1.54) is 6.42 Å². The summed E-state index contributed by atoms with van der Waals surface area (Å²) < 4.78 is 0.378. The summed E-state index contributed by atoms with van der Waals surface area (Å²) in [5.41, 5.74) is 5.62. The maximum atomic E-state index is 9.17. The Morgan fingerprint density at radius 1 is 1.50 bits per heavy atom. The predicted molar refractivity (Wildman–Crippen MR) is 62.7 cm³/mol. The Labute approximate surface area is 91.0 Å². The summed E-state index contributed by atoms with van der Waals surface area (Å²) in [6, 6.07) is 0.157. The molecular formula is C10H22N2OS. The molecule has 0 amide bonds. The smallest absolute Gasteiger partial charge is 0.0599 e. The van der Waals surface area contributed by atoms with E-state index in [9.17, 15) is 5.11 Å². The molecule has 1 fully saturated rings. The van der Waals surface area contributed by atoms with Crippen LogP contribution in [0.4, 0.5) is 0 Å². The van der Waals surface area contributed by atoms with E-state index >= 15 is 0 Å². The minimum absolute atomic E-state index is 0.157. The predicted octanol–water partition coefficient (Wildman–Crippen LogP) is 0.524. The highest BCUT2D eigenvalue weighted by Gasteiger charge is 2.26. The average Bonchev–Trinajstić information content (AvgIpc) is 2.30. The molecule has 1 saturated heterocycles. The van der Waals surface area contributed by atoms with E-state index in [0.717, 1.165) is 18.8 Å². The maximum Gasteiger partial charge on any atom is 0.0599 e. The van der Waals surface area contributed by atoms with Crippen LogP contribution in [0.25, 0.3) is 0 Å². The zero-order valence-corrected chi connectivity index (χ0v) is 10.0. The van der Waals surface area contributed by atoms with Crippen molar-refractivity contribution in [1.82, 2.24) is 4.90 Å². The number of aliphatic hydroxyl groups excluding tert-OH is 1. The van der Waals surface area contributed by atoms with E-state index in [-0.39, 0.29) is 12.6 Å². The SMILES string of the molecule is CC1(C)CCN(C(CN)CO)CCS1. The lowest BCUT2D eigenvalue weighted by atomic mass is 10.1. The van der Waals surface area contributed by atoms with E-state index in [2.05, 4.69) is 18.7 Å². The topological polar surface area (TPSA) is 49.5 Å². The van der Waals surface area contributed by atoms with E-state index in [0.29, 0.717) is 11.3 Å². The number of thioether (sulfide) groups is 1. The molecule has 1 rings (SSSR count). The summed E-state index contributed by atoms with van der Waals surface area (Å²) in [5.74, 6) is 1.14. The van der Waals surface area contributed by atoms with Gasteiger partial charge in [0.25, 0.3) is 0 Å². The quantitative estimate of drug-likeness (QED) is 0.725. The van der Waals surface area contributed by atoms with Crippen LogP contribution in [0.3, 0.4) is 0 Å². The fourth-order valence-electron chi connectivity index (χ4n) is 1.74. The molecule has 1 aliphatic heterocycles. The molecule has 0 radical (unpaired) electrons. The molecule has 0 aromatic heterocycles. The maximum absolute atomic E-state index is 9.17. The summed E-state index contributed by atoms with van der Waals surface area (Å²) in [4.78, 5) is 2.32. The summed E-state index contributed by atoms with van der Waals surface area (Å²) in [6.45, 7) is 7.43. The van der Waals surface area contributed by atoms with Crippen molar-refractivity contribution in [3.05, 3.63) is 0 Å². The minimum Gasteiger partial charge on any atom is -0.395 e. The largest absolute Gasteiger partial charge is 0.395 e. The second-order valence-corrected chi connectivity index (χ2v) is 6.27. The molecule has 1 aliphatic rings. The first-order valence-corrected chi connectivity index (χ1v) is 6.26. The van der Waals surface area contributed by atoms with Crippen LogP contribution in [0, 0.1) is 0 Å². The van der Waals surface area contributed by atoms with Gasteiger partial charge in [-0.1, -0.05) is 13.8 Å². The molecular weight excluding hydrogens is 196 g/mol. The van der Waals surface area contributed by atoms with Crippen LogP contribution in [0.2, 0.25) is 0 Å². The Kier molecular flexibility index (Phi) is 4.70. The van der Waals surface area contributed by atoms with Gasteiger partial charge in [-0.2, -0.15) is 11.8 Å². The Hall–Kier alpha value is 0.230. The Bertz CT molecular complexity index is 172. The molecule has 0 aromatic carbocycles. The van der Waals surface area contributed by atoms with E-state index < -0.39 is 0 Å². The molecule has 1 heterocycles. The van der Waals surface area contributed by atoms with Gasteiger partial charge in [0.05, 0.1) is 6.61 Å². The molecule has 0 aliphatic carbocycles. The van der Waals surface area contributed by atoms with Gasteiger partial charge in [0, 0.05) is 29.6 Å². The molecule has 4 heteroatoms. The fraction of sp³-hybridized carbons (Fsp3) is 1.00. The summed E-state index contributed by atoms with van der Waals surface area (Å²) >= 11 is 2.02. The molecule has 0 spiro atoms. The van der Waals surface area contributed by atoms with Gasteiger partial charge in [0.1, 0.15) is 0 Å². The van der Waals surface area contributed by atoms with Crippen LogP contribution in [-0.4, -0.2) is 52.8 Å². The first-order valence-electron chi connectivity index (χ1n) is 5.28. The Morgan fingerprint density at radius 2 is 2.21 bits per heavy atom. The van der Waals surface area contributed by atoms with Gasteiger partial charge >= 0.3 is 0 Å². The number of hydrogen-bond acceptors (Lipinski definition) is 4. The number of hydrogen-bond donors (Lipinski definition) is 2. The summed E-state index contributed by atoms with van der Waals surface area (Å²) in [7, 11) is 0. The third-order valence-electron chi connectivity index (χ3n) is 2.87. The van der Waals surface area contributed by atoms with Crippen LogP contribution in [0.5, 0.6) is 0 Å². The molecule has 0 saturated carbocycles. The standard InChI is InChI=1S/C10H22N2OS/c1-10(2)3-4-12(5-6-14-10)9(7-11)8-13/h9,13H,3-8,11H2,1-2H3. The Morgan fingerprint density at radius 3 is 2.79 bits per heavy atom. The van der Waals surface area contributed by atoms with Gasteiger partial charge in [-0.25, -0.2) is 0 Å². The van der Waals surface area contributed by atoms with Gasteiger partial charge in [-0.15, -0.1) is 0 Å². The lowest BCUT2D eigenvalue weighted by molar-refractivity contribution is 0.132. The molecule has 84 valence electrons. The molecule has 1 atom stereocenters. The zero-order valence-electron chi connectivity index (χ0n) is 9.20. The van der Waals surface area contributed by atoms with E-state index in [1.807, 2.05) is 11.8 Å². The highest BCUT2D eigenvalue weighted by molar-refractivity contribution is 8.00. The number of rotatable bonds is 3. The summed E-state index contributed by atoms with van der Waals surface area (Å²) in [6.07, 6.45) is 1.17. The number of aliphatic hydroxyl groups is 1. The van der Waals surface area contributed by atoms with Crippen LogP contribution in [0.1, 0.15) is 20.3 Å². The van der Waals surface area contributed by atoms with Crippen molar-refractivity contribution in [1.29, 1.82) is 0 Å². The molecule has 3 N–H and O–H groups in total. The lowest BCUT2D eigenvalue weighted by Gasteiger charge is -2.28. The molecule has 14 heavy (non-hydrogen) atoms. The first-order chi connectivity index (χ1) is 6.59. The van der Waals surface area contributed by atoms with Crippen LogP contribution in [0.15, 0.2) is 0 Å². The van der Waals surface area contributed by atoms with E-state index in [4.69, 9.17) is 5.73 Å². The van der Waals surface area contributed by atoms with Crippen molar-refractivity contribution < 1.29 is 5.11 Å². The average molecular weight is 218 g/mol. The highest BCUT2D eigenvalue weighted by Crippen LogP contribution is 2.30. The second kappa shape index (κ2) is 5.35. The highest BCUT2D eigenvalue weighted by atomic mass is 32.2. The van der Waals surface area contributed by atoms with Crippen LogP contribution >= 0.6 is 11.8 Å². The van der Waals surface area contributed by atoms with Gasteiger partial charge in [-0.3, -0.25) is 4.90 Å². The lowest BCUT2D eigenvalue weighted by Crippen LogP contribution is -2.44. The second-order valence-electron chi connectivity index (χ2n) is 4.47. The van der Waals surface area contributed by atoms with Crippen molar-refractivity contribution in [3.63, 3.8) is 0 Å². The van der Waals surface area contributed by atoms with Gasteiger partial charge < -0.3 is 10.8 Å². The molecule has 0 aromatic rings. The molecule has 1 unspecified atom stereocenters. The van der Waals surface area contributed by atoms with Crippen LogP contribution in [-0.2, 0) is 0 Å². The Balaban J connectivity index is 2.48. The number of nitrogens with two attached hydrogens (primary N) is 1. The first kappa shape index (κ1) is 12.3. The van der Waals surface area contributed by atoms with Gasteiger partial charge in [-0.05, 0) is 13.0 Å². The third-order valence-corrected chi connectivity index (χ3v) is 4.24. The van der Waals surface area contributed by atoms with Crippen molar-refractivity contribution in [2.45, 2.75) is 31.1 Å². The third kappa shape index (κ3) is 3.42. The monoisotopic (exact) mass is 218 g/mol. The van der Waals surface area contributed by atoms with E-state index in [1.54, 1.807) is 0 Å². The number of nitrogens with zero attached hydrogens (tertiary/aromatic N) is 1. The minimum atomic E-state index is 0.157. The van der Waals surface area contributed by atoms with Crippen LogP contribution < -0.4 is 5.73 Å². The molecule has 3 nitrogen and oxygen atoms in total. The zero-order chi connectivity index (χ0) is 10.6. The van der Waals surface area contributed by atoms with Gasteiger partial charge in [0.15, 0.2) is 0 Å². The van der Waals surface area contributed by atoms with Crippen molar-refractivity contribution in [2.24, 2.45) is 5.73 Å². The van der Waals surface area contributed by atoms with Crippen molar-refractivity contribution in [3.8, 4) is 0 Å². The summed E-state index contributed by atoms with van der Waals surface area (Å²) in [5, 5.41) is 9.17. The fourth-order valence-corrected chi connectivity index (χ4v) is 2.85. The van der Waals surface area contributed by atoms with Gasteiger partial charge in [0.2, 0.25) is 0 Å². The van der Waals surface area contributed by atoms with Crippen molar-refractivity contribution >= 4 is 11.8 Å². The molecule has 0 bridgehead atoms.